The standard InChI is InChI=1S/C26H36FNO2Si/c1-5-6-7-8-15-29-20-11-13-22-23-14-12-21(30-16-9-10-17-31(2,3)4)19-25(23)28-26(27)24(22)18-20/h11-14,18-19H,5-10,15-17H2,1-4H3. The molecule has 31 heavy (non-hydrogen) atoms. The minimum absolute atomic E-state index is 0.466. The highest BCUT2D eigenvalue weighted by molar-refractivity contribution is 6.76. The van der Waals surface area contributed by atoms with Crippen LogP contribution in [0.2, 0.25) is 25.7 Å². The predicted molar refractivity (Wildman–Crippen MR) is 132 cm³/mol. The second-order valence-corrected chi connectivity index (χ2v) is 15.2. The SMILES string of the molecule is CCCCCCOc1ccc2c(c1)c(F)nc1cc(OCCCC[Si](C)(C)C)ccc12. The van der Waals surface area contributed by atoms with E-state index in [0.717, 1.165) is 35.8 Å². The molecular weight excluding hydrogens is 405 g/mol. The van der Waals surface area contributed by atoms with Crippen molar-refractivity contribution in [3.8, 4) is 11.5 Å². The van der Waals surface area contributed by atoms with E-state index in [1.807, 2.05) is 30.3 Å². The van der Waals surface area contributed by atoms with Gasteiger partial charge in [0.05, 0.1) is 18.7 Å². The van der Waals surface area contributed by atoms with E-state index in [1.165, 1.54) is 25.3 Å². The van der Waals surface area contributed by atoms with Crippen LogP contribution in [0.15, 0.2) is 36.4 Å². The lowest BCUT2D eigenvalue weighted by atomic mass is 10.1. The Hall–Kier alpha value is -2.14. The molecule has 5 heteroatoms. The molecular formula is C26H36FNO2Si. The molecule has 1 aromatic heterocycles. The summed E-state index contributed by atoms with van der Waals surface area (Å²) in [7, 11) is -0.989. The number of ether oxygens (including phenoxy) is 2. The lowest BCUT2D eigenvalue weighted by Gasteiger charge is -2.15. The normalized spacial score (nSPS) is 11.9. The van der Waals surface area contributed by atoms with E-state index in [-0.39, 0.29) is 0 Å². The van der Waals surface area contributed by atoms with E-state index in [1.54, 1.807) is 6.07 Å². The molecule has 2 aromatic carbocycles. The summed E-state index contributed by atoms with van der Waals surface area (Å²) >= 11 is 0. The molecule has 0 spiro atoms. The molecule has 1 heterocycles. The van der Waals surface area contributed by atoms with Gasteiger partial charge in [-0.05, 0) is 48.6 Å². The molecule has 0 saturated carbocycles. The van der Waals surface area contributed by atoms with Crippen molar-refractivity contribution in [2.45, 2.75) is 71.1 Å². The van der Waals surface area contributed by atoms with E-state index >= 15 is 0 Å². The third-order valence-electron chi connectivity index (χ3n) is 5.55. The Bertz CT molecular complexity index is 1000. The van der Waals surface area contributed by atoms with Crippen LogP contribution in [0.3, 0.4) is 0 Å². The van der Waals surface area contributed by atoms with Gasteiger partial charge in [0.25, 0.3) is 0 Å². The van der Waals surface area contributed by atoms with Crippen molar-refractivity contribution in [3.05, 3.63) is 42.3 Å². The topological polar surface area (TPSA) is 31.4 Å². The van der Waals surface area contributed by atoms with Crippen LogP contribution in [0.4, 0.5) is 4.39 Å². The lowest BCUT2D eigenvalue weighted by Crippen LogP contribution is -2.18. The van der Waals surface area contributed by atoms with Crippen molar-refractivity contribution in [3.63, 3.8) is 0 Å². The molecule has 0 N–H and O–H groups in total. The minimum Gasteiger partial charge on any atom is -0.494 e. The first-order chi connectivity index (χ1) is 14.9. The van der Waals surface area contributed by atoms with Gasteiger partial charge in [-0.1, -0.05) is 58.3 Å². The van der Waals surface area contributed by atoms with Gasteiger partial charge in [0.15, 0.2) is 0 Å². The van der Waals surface area contributed by atoms with Gasteiger partial charge >= 0.3 is 0 Å². The van der Waals surface area contributed by atoms with Crippen LogP contribution in [-0.2, 0) is 0 Å². The zero-order chi connectivity index (χ0) is 22.3. The van der Waals surface area contributed by atoms with Crippen molar-refractivity contribution < 1.29 is 13.9 Å². The van der Waals surface area contributed by atoms with Crippen LogP contribution >= 0.6 is 0 Å². The maximum Gasteiger partial charge on any atom is 0.221 e. The average Bonchev–Trinajstić information content (AvgIpc) is 2.72. The highest BCUT2D eigenvalue weighted by Crippen LogP contribution is 2.31. The third-order valence-corrected chi connectivity index (χ3v) is 7.40. The molecule has 0 saturated heterocycles. The van der Waals surface area contributed by atoms with E-state index in [9.17, 15) is 4.39 Å². The van der Waals surface area contributed by atoms with E-state index in [2.05, 4.69) is 31.5 Å². The molecule has 0 aliphatic carbocycles. The fourth-order valence-electron chi connectivity index (χ4n) is 3.77. The summed E-state index contributed by atoms with van der Waals surface area (Å²) in [6, 6.07) is 12.7. The Labute approximate surface area is 187 Å². The molecule has 3 nitrogen and oxygen atoms in total. The van der Waals surface area contributed by atoms with Crippen molar-refractivity contribution in [2.24, 2.45) is 0 Å². The fourth-order valence-corrected chi connectivity index (χ4v) is 5.08. The highest BCUT2D eigenvalue weighted by Gasteiger charge is 2.12. The summed E-state index contributed by atoms with van der Waals surface area (Å²) in [6.45, 7) is 10.7. The van der Waals surface area contributed by atoms with Crippen LogP contribution in [0.25, 0.3) is 21.7 Å². The number of hydrogen-bond donors (Lipinski definition) is 0. The lowest BCUT2D eigenvalue weighted by molar-refractivity contribution is 0.305. The minimum atomic E-state index is -0.989. The largest absolute Gasteiger partial charge is 0.494 e. The summed E-state index contributed by atoms with van der Waals surface area (Å²) < 4.78 is 26.5. The number of aromatic nitrogens is 1. The second kappa shape index (κ2) is 10.9. The van der Waals surface area contributed by atoms with E-state index in [4.69, 9.17) is 9.47 Å². The summed E-state index contributed by atoms with van der Waals surface area (Å²) in [5, 5.41) is 2.28. The average molecular weight is 442 g/mol. The highest BCUT2D eigenvalue weighted by atomic mass is 28.3. The van der Waals surface area contributed by atoms with Crippen LogP contribution < -0.4 is 9.47 Å². The Morgan fingerprint density at radius 1 is 0.774 bits per heavy atom. The summed E-state index contributed by atoms with van der Waals surface area (Å²) in [5.74, 6) is 0.979. The third kappa shape index (κ3) is 6.93. The van der Waals surface area contributed by atoms with Gasteiger partial charge in [-0.15, -0.1) is 0 Å². The number of halogens is 1. The Morgan fingerprint density at radius 3 is 2.10 bits per heavy atom. The van der Waals surface area contributed by atoms with Gasteiger partial charge in [-0.25, -0.2) is 4.98 Å². The fraction of sp³-hybridized carbons (Fsp3) is 0.500. The van der Waals surface area contributed by atoms with Gasteiger partial charge < -0.3 is 9.47 Å². The number of unbranched alkanes of at least 4 members (excludes halogenated alkanes) is 4. The molecule has 3 rings (SSSR count). The van der Waals surface area contributed by atoms with Crippen molar-refractivity contribution in [1.29, 1.82) is 0 Å². The number of hydrogen-bond acceptors (Lipinski definition) is 3. The van der Waals surface area contributed by atoms with E-state index < -0.39 is 14.0 Å². The monoisotopic (exact) mass is 441 g/mol. The zero-order valence-corrected chi connectivity index (χ0v) is 20.5. The molecule has 0 bridgehead atoms. The first-order valence-corrected chi connectivity index (χ1v) is 15.4. The van der Waals surface area contributed by atoms with Gasteiger partial charge in [0.1, 0.15) is 11.5 Å². The predicted octanol–water partition coefficient (Wildman–Crippen LogP) is 7.98. The van der Waals surface area contributed by atoms with Crippen molar-refractivity contribution in [2.75, 3.05) is 13.2 Å². The summed E-state index contributed by atoms with van der Waals surface area (Å²) in [6.07, 6.45) is 6.84. The maximum atomic E-state index is 14.8. The summed E-state index contributed by atoms with van der Waals surface area (Å²) in [5.41, 5.74) is 0.623. The summed E-state index contributed by atoms with van der Waals surface area (Å²) in [4.78, 5) is 4.21. The molecule has 0 atom stereocenters. The van der Waals surface area contributed by atoms with Gasteiger partial charge in [-0.3, -0.25) is 0 Å². The molecule has 168 valence electrons. The second-order valence-electron chi connectivity index (χ2n) is 9.56. The molecule has 0 aliphatic heterocycles. The number of pyridine rings is 1. The molecule has 0 amide bonds. The van der Waals surface area contributed by atoms with Crippen LogP contribution in [0, 0.1) is 5.95 Å². The van der Waals surface area contributed by atoms with E-state index in [0.29, 0.717) is 29.9 Å². The molecule has 0 radical (unpaired) electrons. The molecule has 0 fully saturated rings. The molecule has 0 unspecified atom stereocenters. The van der Waals surface area contributed by atoms with Crippen LogP contribution in [-0.4, -0.2) is 26.3 Å². The van der Waals surface area contributed by atoms with Crippen molar-refractivity contribution in [1.82, 2.24) is 4.98 Å². The number of rotatable bonds is 12. The Morgan fingerprint density at radius 2 is 1.42 bits per heavy atom. The van der Waals surface area contributed by atoms with Gasteiger partial charge in [-0.2, -0.15) is 4.39 Å². The maximum absolute atomic E-state index is 14.8. The number of fused-ring (bicyclic) bond motifs is 3. The van der Waals surface area contributed by atoms with Gasteiger partial charge in [0.2, 0.25) is 5.95 Å². The van der Waals surface area contributed by atoms with Crippen LogP contribution in [0.1, 0.15) is 45.4 Å². The number of nitrogens with zero attached hydrogens (tertiary/aromatic N) is 1. The zero-order valence-electron chi connectivity index (χ0n) is 19.5. The van der Waals surface area contributed by atoms with Crippen LogP contribution in [0.5, 0.6) is 11.5 Å². The smallest absolute Gasteiger partial charge is 0.221 e. The molecule has 0 aliphatic rings. The Kier molecular flexibility index (Phi) is 8.30. The van der Waals surface area contributed by atoms with Gasteiger partial charge in [0, 0.05) is 24.9 Å². The first kappa shape index (κ1) is 23.5. The first-order valence-electron chi connectivity index (χ1n) is 11.7. The van der Waals surface area contributed by atoms with Crippen molar-refractivity contribution >= 4 is 29.7 Å². The Balaban J connectivity index is 1.68. The molecule has 3 aromatic rings. The quantitative estimate of drug-likeness (QED) is 0.123. The number of benzene rings is 2.